The summed E-state index contributed by atoms with van der Waals surface area (Å²) < 4.78 is 10.5. The van der Waals surface area contributed by atoms with Crippen molar-refractivity contribution in [3.8, 4) is 17.3 Å². The van der Waals surface area contributed by atoms with Gasteiger partial charge in [-0.15, -0.1) is 0 Å². The van der Waals surface area contributed by atoms with E-state index in [2.05, 4.69) is 42.9 Å². The van der Waals surface area contributed by atoms with Gasteiger partial charge in [0.1, 0.15) is 11.6 Å². The van der Waals surface area contributed by atoms with Gasteiger partial charge in [-0.25, -0.2) is 4.98 Å². The average Bonchev–Trinajstić information content (AvgIpc) is 3.39. The van der Waals surface area contributed by atoms with Gasteiger partial charge in [-0.3, -0.25) is 10.1 Å². The van der Waals surface area contributed by atoms with Gasteiger partial charge in [0.05, 0.1) is 13.4 Å². The van der Waals surface area contributed by atoms with Crippen molar-refractivity contribution in [3.63, 3.8) is 0 Å². The number of H-pyrrole nitrogens is 1. The maximum absolute atomic E-state index is 5.29. The molecule has 0 saturated heterocycles. The molecule has 3 rings (SSSR count). The number of guanidine groups is 1. The zero-order valence-corrected chi connectivity index (χ0v) is 15.5. The molecule has 0 spiro atoms. The molecular weight excluding hydrogens is 344 g/mol. The number of aromatic nitrogens is 3. The smallest absolute Gasteiger partial charge is 0.216 e. The highest BCUT2D eigenvalue weighted by Crippen LogP contribution is 2.14. The quantitative estimate of drug-likeness (QED) is 0.415. The Morgan fingerprint density at radius 3 is 2.59 bits per heavy atom. The lowest BCUT2D eigenvalue weighted by Gasteiger charge is -2.11. The van der Waals surface area contributed by atoms with Crippen molar-refractivity contribution in [3.05, 3.63) is 54.0 Å². The normalized spacial score (nSPS) is 11.4. The third-order valence-electron chi connectivity index (χ3n) is 4.02. The minimum absolute atomic E-state index is 0.567. The number of rotatable bonds is 8. The molecule has 0 saturated carbocycles. The molecule has 0 aliphatic heterocycles. The van der Waals surface area contributed by atoms with Crippen molar-refractivity contribution in [2.75, 3.05) is 27.2 Å². The van der Waals surface area contributed by atoms with Crippen LogP contribution in [0.2, 0.25) is 0 Å². The van der Waals surface area contributed by atoms with Gasteiger partial charge in [0, 0.05) is 26.6 Å². The highest BCUT2D eigenvalue weighted by atomic mass is 16.5. The van der Waals surface area contributed by atoms with Crippen molar-refractivity contribution in [2.45, 2.75) is 12.8 Å². The van der Waals surface area contributed by atoms with Crippen LogP contribution in [0.5, 0.6) is 5.75 Å². The molecule has 0 fully saturated rings. The number of hydrogen-bond donors (Lipinski definition) is 3. The second-order valence-electron chi connectivity index (χ2n) is 5.86. The van der Waals surface area contributed by atoms with Gasteiger partial charge in [0.2, 0.25) is 5.82 Å². The lowest BCUT2D eigenvalue weighted by atomic mass is 10.1. The Morgan fingerprint density at radius 1 is 1.15 bits per heavy atom. The summed E-state index contributed by atoms with van der Waals surface area (Å²) in [6, 6.07) is 11.7. The fourth-order valence-corrected chi connectivity index (χ4v) is 2.56. The van der Waals surface area contributed by atoms with Crippen molar-refractivity contribution in [1.29, 1.82) is 0 Å². The topological polar surface area (TPSA) is 100 Å². The second-order valence-corrected chi connectivity index (χ2v) is 5.86. The molecule has 1 aromatic carbocycles. The van der Waals surface area contributed by atoms with Crippen LogP contribution < -0.4 is 15.4 Å². The summed E-state index contributed by atoms with van der Waals surface area (Å²) in [4.78, 5) is 8.66. The molecule has 2 aromatic heterocycles. The number of hydrogen-bond acceptors (Lipinski definition) is 5. The van der Waals surface area contributed by atoms with Crippen molar-refractivity contribution < 1.29 is 9.15 Å². The number of nitrogens with one attached hydrogen (secondary N) is 3. The van der Waals surface area contributed by atoms with E-state index in [-0.39, 0.29) is 0 Å². The Labute approximate surface area is 158 Å². The predicted octanol–water partition coefficient (Wildman–Crippen LogP) is 2.02. The van der Waals surface area contributed by atoms with Crippen LogP contribution in [0.4, 0.5) is 0 Å². The van der Waals surface area contributed by atoms with Crippen LogP contribution in [-0.4, -0.2) is 48.4 Å². The minimum atomic E-state index is 0.567. The molecule has 0 aliphatic rings. The molecule has 8 nitrogen and oxygen atoms in total. The lowest BCUT2D eigenvalue weighted by Crippen LogP contribution is -2.39. The zero-order chi connectivity index (χ0) is 18.9. The molecule has 8 heteroatoms. The zero-order valence-electron chi connectivity index (χ0n) is 15.5. The summed E-state index contributed by atoms with van der Waals surface area (Å²) in [7, 11) is 3.43. The first-order valence-corrected chi connectivity index (χ1v) is 8.81. The third kappa shape index (κ3) is 5.34. The number of furan rings is 1. The van der Waals surface area contributed by atoms with E-state index in [9.17, 15) is 0 Å². The van der Waals surface area contributed by atoms with E-state index in [0.717, 1.165) is 30.5 Å². The van der Waals surface area contributed by atoms with Crippen molar-refractivity contribution in [2.24, 2.45) is 4.99 Å². The molecule has 0 aliphatic carbocycles. The van der Waals surface area contributed by atoms with Gasteiger partial charge in [0.15, 0.2) is 11.7 Å². The first kappa shape index (κ1) is 18.5. The van der Waals surface area contributed by atoms with Gasteiger partial charge >= 0.3 is 0 Å². The molecule has 0 unspecified atom stereocenters. The van der Waals surface area contributed by atoms with Gasteiger partial charge in [-0.2, -0.15) is 5.10 Å². The second kappa shape index (κ2) is 9.42. The fraction of sp³-hybridized carbons (Fsp3) is 0.316. The summed E-state index contributed by atoms with van der Waals surface area (Å²) >= 11 is 0. The molecule has 3 aromatic rings. The lowest BCUT2D eigenvalue weighted by molar-refractivity contribution is 0.414. The molecule has 0 radical (unpaired) electrons. The molecule has 3 N–H and O–H groups in total. The molecule has 27 heavy (non-hydrogen) atoms. The van der Waals surface area contributed by atoms with Crippen LogP contribution in [0, 0.1) is 0 Å². The predicted molar refractivity (Wildman–Crippen MR) is 104 cm³/mol. The van der Waals surface area contributed by atoms with Gasteiger partial charge in [-0.1, -0.05) is 12.1 Å². The standard InChI is InChI=1S/C19H24N6O2/c1-20-19(21-11-9-14-5-7-15(26-2)8-6-14)22-12-10-17-23-18(25-24-17)16-4-3-13-27-16/h3-8,13H,9-12H2,1-2H3,(H2,20,21,22)(H,23,24,25). The Balaban J connectivity index is 1.39. The maximum Gasteiger partial charge on any atom is 0.216 e. The Kier molecular flexibility index (Phi) is 6.45. The van der Waals surface area contributed by atoms with Gasteiger partial charge in [0.25, 0.3) is 0 Å². The Hall–Kier alpha value is -3.29. The number of aliphatic imine (C=N–C) groups is 1. The Bertz CT molecular complexity index is 839. The van der Waals surface area contributed by atoms with Crippen LogP contribution >= 0.6 is 0 Å². The molecule has 142 valence electrons. The monoisotopic (exact) mass is 368 g/mol. The first-order chi connectivity index (χ1) is 13.3. The first-order valence-electron chi connectivity index (χ1n) is 8.81. The fourth-order valence-electron chi connectivity index (χ4n) is 2.56. The number of methoxy groups -OCH3 is 1. The van der Waals surface area contributed by atoms with Gasteiger partial charge < -0.3 is 19.8 Å². The number of aromatic amines is 1. The number of nitrogens with zero attached hydrogens (tertiary/aromatic N) is 3. The highest BCUT2D eigenvalue weighted by Gasteiger charge is 2.08. The van der Waals surface area contributed by atoms with Crippen LogP contribution in [0.1, 0.15) is 11.4 Å². The highest BCUT2D eigenvalue weighted by molar-refractivity contribution is 5.79. The van der Waals surface area contributed by atoms with Crippen molar-refractivity contribution >= 4 is 5.96 Å². The average molecular weight is 368 g/mol. The van der Waals surface area contributed by atoms with Crippen molar-refractivity contribution in [1.82, 2.24) is 25.8 Å². The molecule has 2 heterocycles. The Morgan fingerprint density at radius 2 is 1.93 bits per heavy atom. The summed E-state index contributed by atoms with van der Waals surface area (Å²) in [6.45, 7) is 1.48. The maximum atomic E-state index is 5.29. The minimum Gasteiger partial charge on any atom is -0.497 e. The van der Waals surface area contributed by atoms with Crippen LogP contribution in [0.15, 0.2) is 52.1 Å². The van der Waals surface area contributed by atoms with E-state index in [1.165, 1.54) is 5.56 Å². The van der Waals surface area contributed by atoms with Crippen LogP contribution in [0.25, 0.3) is 11.6 Å². The molecule has 0 bridgehead atoms. The van der Waals surface area contributed by atoms with E-state index in [1.807, 2.05) is 24.3 Å². The third-order valence-corrected chi connectivity index (χ3v) is 4.02. The van der Waals surface area contributed by atoms with Crippen LogP contribution in [0.3, 0.4) is 0 Å². The van der Waals surface area contributed by atoms with E-state index < -0.39 is 0 Å². The van der Waals surface area contributed by atoms with E-state index in [1.54, 1.807) is 20.4 Å². The van der Waals surface area contributed by atoms with Gasteiger partial charge in [-0.05, 0) is 36.2 Å². The summed E-state index contributed by atoms with van der Waals surface area (Å²) in [6.07, 6.45) is 3.21. The van der Waals surface area contributed by atoms with E-state index in [0.29, 0.717) is 24.6 Å². The number of ether oxygens (including phenoxy) is 1. The molecule has 0 atom stereocenters. The SMILES string of the molecule is CN=C(NCCc1ccc(OC)cc1)NCCc1nc(-c2ccco2)n[nH]1. The summed E-state index contributed by atoms with van der Waals surface area (Å²) in [5.74, 6) is 3.64. The molecular formula is C19H24N6O2. The van der Waals surface area contributed by atoms with Crippen LogP contribution in [-0.2, 0) is 12.8 Å². The number of benzene rings is 1. The summed E-state index contributed by atoms with van der Waals surface area (Å²) in [5, 5.41) is 13.7. The summed E-state index contributed by atoms with van der Waals surface area (Å²) in [5.41, 5.74) is 1.24. The van der Waals surface area contributed by atoms with E-state index in [4.69, 9.17) is 9.15 Å². The van der Waals surface area contributed by atoms with E-state index >= 15 is 0 Å². The molecule has 0 amide bonds. The largest absolute Gasteiger partial charge is 0.497 e.